The Morgan fingerprint density at radius 1 is 1.00 bits per heavy atom. The van der Waals surface area contributed by atoms with Crippen LogP contribution in [-0.4, -0.2) is 17.4 Å². The van der Waals surface area contributed by atoms with Crippen LogP contribution in [0.5, 0.6) is 0 Å². The Labute approximate surface area is 134 Å². The smallest absolute Gasteiger partial charge is 0.269 e. The molecule has 2 rings (SSSR count). The first kappa shape index (κ1) is 16.2. The summed E-state index contributed by atoms with van der Waals surface area (Å²) in [6, 6.07) is 15.8. The first-order chi connectivity index (χ1) is 11.1. The summed E-state index contributed by atoms with van der Waals surface area (Å²) in [5.41, 5.74) is 1.93. The number of carbonyl (C=O) groups excluding carboxylic acids is 1. The zero-order valence-corrected chi connectivity index (χ0v) is 12.5. The third kappa shape index (κ3) is 5.64. The zero-order chi connectivity index (χ0) is 16.5. The molecule has 0 fully saturated rings. The van der Waals surface area contributed by atoms with Crippen molar-refractivity contribution in [3.63, 3.8) is 0 Å². The van der Waals surface area contributed by atoms with Crippen LogP contribution in [0.1, 0.15) is 11.1 Å². The highest BCUT2D eigenvalue weighted by atomic mass is 16.6. The lowest BCUT2D eigenvalue weighted by Gasteiger charge is -2.01. The number of nitro groups is 1. The quantitative estimate of drug-likeness (QED) is 0.524. The maximum atomic E-state index is 11.7. The van der Waals surface area contributed by atoms with E-state index < -0.39 is 4.92 Å². The molecule has 0 heterocycles. The van der Waals surface area contributed by atoms with E-state index >= 15 is 0 Å². The number of nitro benzene ring substituents is 1. The van der Waals surface area contributed by atoms with Gasteiger partial charge in [0.25, 0.3) is 5.69 Å². The highest BCUT2D eigenvalue weighted by Crippen LogP contribution is 2.11. The molecule has 0 bridgehead atoms. The van der Waals surface area contributed by atoms with Gasteiger partial charge in [0.15, 0.2) is 0 Å². The van der Waals surface area contributed by atoms with Crippen molar-refractivity contribution in [3.8, 4) is 11.8 Å². The van der Waals surface area contributed by atoms with E-state index in [0.717, 1.165) is 11.1 Å². The Kier molecular flexibility index (Phi) is 5.89. The van der Waals surface area contributed by atoms with Gasteiger partial charge in [-0.2, -0.15) is 0 Å². The Hall–Kier alpha value is -3.13. The van der Waals surface area contributed by atoms with Gasteiger partial charge in [0.2, 0.25) is 5.91 Å². The molecule has 2 aromatic carbocycles. The standard InChI is InChI=1S/C18H16N2O3/c21-18(14-16-7-2-1-3-8-16)19-13-5-4-6-15-9-11-17(12-10-15)20(22)23/h1-3,7-12H,6,13-14H2,(H,19,21). The van der Waals surface area contributed by atoms with Gasteiger partial charge in [-0.15, -0.1) is 0 Å². The molecule has 1 amide bonds. The molecule has 0 aliphatic carbocycles. The minimum atomic E-state index is -0.433. The minimum Gasteiger partial charge on any atom is -0.345 e. The molecular formula is C18H16N2O3. The maximum absolute atomic E-state index is 11.7. The van der Waals surface area contributed by atoms with Crippen LogP contribution in [0, 0.1) is 22.0 Å². The fourth-order valence-electron chi connectivity index (χ4n) is 1.95. The SMILES string of the molecule is O=C(Cc1ccccc1)NCC#CCc1ccc([N+](=O)[O-])cc1. The van der Waals surface area contributed by atoms with Crippen LogP contribution < -0.4 is 5.32 Å². The maximum Gasteiger partial charge on any atom is 0.269 e. The molecule has 0 aliphatic heterocycles. The van der Waals surface area contributed by atoms with E-state index in [1.54, 1.807) is 12.1 Å². The molecule has 2 aromatic rings. The number of hydrogen-bond acceptors (Lipinski definition) is 3. The number of benzene rings is 2. The summed E-state index contributed by atoms with van der Waals surface area (Å²) in [6.07, 6.45) is 0.831. The van der Waals surface area contributed by atoms with Gasteiger partial charge in [0, 0.05) is 18.6 Å². The lowest BCUT2D eigenvalue weighted by molar-refractivity contribution is -0.384. The Bertz CT molecular complexity index is 728. The first-order valence-electron chi connectivity index (χ1n) is 7.15. The summed E-state index contributed by atoms with van der Waals surface area (Å²) >= 11 is 0. The number of rotatable bonds is 5. The lowest BCUT2D eigenvalue weighted by atomic mass is 10.1. The minimum absolute atomic E-state index is 0.0647. The normalized spacial score (nSPS) is 9.57. The van der Waals surface area contributed by atoms with Gasteiger partial charge in [-0.25, -0.2) is 0 Å². The fourth-order valence-corrected chi connectivity index (χ4v) is 1.95. The first-order valence-corrected chi connectivity index (χ1v) is 7.15. The summed E-state index contributed by atoms with van der Waals surface area (Å²) in [4.78, 5) is 21.8. The number of hydrogen-bond donors (Lipinski definition) is 1. The largest absolute Gasteiger partial charge is 0.345 e. The van der Waals surface area contributed by atoms with Crippen LogP contribution in [0.15, 0.2) is 54.6 Å². The van der Waals surface area contributed by atoms with Gasteiger partial charge in [0.1, 0.15) is 0 Å². The molecule has 0 aliphatic rings. The van der Waals surface area contributed by atoms with Crippen molar-refractivity contribution in [1.82, 2.24) is 5.32 Å². The lowest BCUT2D eigenvalue weighted by Crippen LogP contribution is -2.25. The van der Waals surface area contributed by atoms with Crippen molar-refractivity contribution >= 4 is 11.6 Å². The molecule has 0 aromatic heterocycles. The van der Waals surface area contributed by atoms with E-state index in [2.05, 4.69) is 17.2 Å². The number of amides is 1. The highest BCUT2D eigenvalue weighted by molar-refractivity contribution is 5.78. The second-order valence-corrected chi connectivity index (χ2v) is 4.89. The second-order valence-electron chi connectivity index (χ2n) is 4.89. The molecule has 23 heavy (non-hydrogen) atoms. The summed E-state index contributed by atoms with van der Waals surface area (Å²) in [6.45, 7) is 0.290. The molecule has 5 heteroatoms. The van der Waals surface area contributed by atoms with Crippen LogP contribution in [0.2, 0.25) is 0 Å². The van der Waals surface area contributed by atoms with Gasteiger partial charge in [-0.05, 0) is 11.1 Å². The molecule has 1 N–H and O–H groups in total. The van der Waals surface area contributed by atoms with E-state index in [1.165, 1.54) is 12.1 Å². The van der Waals surface area contributed by atoms with Gasteiger partial charge in [-0.1, -0.05) is 54.3 Å². The molecule has 0 atom stereocenters. The average molecular weight is 308 g/mol. The summed E-state index contributed by atoms with van der Waals surface area (Å²) in [5.74, 6) is 5.74. The Morgan fingerprint density at radius 3 is 2.35 bits per heavy atom. The summed E-state index contributed by atoms with van der Waals surface area (Å²) in [5, 5.41) is 13.3. The van der Waals surface area contributed by atoms with Gasteiger partial charge >= 0.3 is 0 Å². The third-order valence-corrected chi connectivity index (χ3v) is 3.15. The van der Waals surface area contributed by atoms with Crippen molar-refractivity contribution in [2.75, 3.05) is 6.54 Å². The predicted octanol–water partition coefficient (Wildman–Crippen LogP) is 2.50. The van der Waals surface area contributed by atoms with Crippen molar-refractivity contribution in [3.05, 3.63) is 75.8 Å². The van der Waals surface area contributed by atoms with E-state index in [1.807, 2.05) is 30.3 Å². The van der Waals surface area contributed by atoms with Gasteiger partial charge < -0.3 is 5.32 Å². The molecule has 5 nitrogen and oxygen atoms in total. The molecule has 0 spiro atoms. The molecule has 116 valence electrons. The number of carbonyl (C=O) groups is 1. The average Bonchev–Trinajstić information content (AvgIpc) is 2.56. The van der Waals surface area contributed by atoms with Crippen LogP contribution in [0.4, 0.5) is 5.69 Å². The van der Waals surface area contributed by atoms with E-state index in [0.29, 0.717) is 19.4 Å². The Balaban J connectivity index is 1.73. The van der Waals surface area contributed by atoms with Gasteiger partial charge in [-0.3, -0.25) is 14.9 Å². The van der Waals surface area contributed by atoms with Crippen molar-refractivity contribution in [2.45, 2.75) is 12.8 Å². The molecule has 0 radical (unpaired) electrons. The highest BCUT2D eigenvalue weighted by Gasteiger charge is 2.03. The fraction of sp³-hybridized carbons (Fsp3) is 0.167. The van der Waals surface area contributed by atoms with Crippen LogP contribution in [-0.2, 0) is 17.6 Å². The van der Waals surface area contributed by atoms with Crippen molar-refractivity contribution < 1.29 is 9.72 Å². The molecule has 0 unspecified atom stereocenters. The number of nitrogens with zero attached hydrogens (tertiary/aromatic N) is 1. The van der Waals surface area contributed by atoms with Crippen LogP contribution in [0.25, 0.3) is 0 Å². The van der Waals surface area contributed by atoms with Gasteiger partial charge in [0.05, 0.1) is 17.9 Å². The molecule has 0 saturated carbocycles. The van der Waals surface area contributed by atoms with E-state index in [9.17, 15) is 14.9 Å². The van der Waals surface area contributed by atoms with Crippen LogP contribution >= 0.6 is 0 Å². The predicted molar refractivity (Wildman–Crippen MR) is 87.7 cm³/mol. The van der Waals surface area contributed by atoms with E-state index in [-0.39, 0.29) is 11.6 Å². The van der Waals surface area contributed by atoms with Crippen LogP contribution in [0.3, 0.4) is 0 Å². The van der Waals surface area contributed by atoms with Crippen molar-refractivity contribution in [1.29, 1.82) is 0 Å². The molecule has 0 saturated heterocycles. The number of non-ortho nitro benzene ring substituents is 1. The summed E-state index contributed by atoms with van der Waals surface area (Å²) in [7, 11) is 0. The molecular weight excluding hydrogens is 292 g/mol. The monoisotopic (exact) mass is 308 g/mol. The Morgan fingerprint density at radius 2 is 1.70 bits per heavy atom. The second kappa shape index (κ2) is 8.35. The topological polar surface area (TPSA) is 72.2 Å². The third-order valence-electron chi connectivity index (χ3n) is 3.15. The number of nitrogens with one attached hydrogen (secondary N) is 1. The zero-order valence-electron chi connectivity index (χ0n) is 12.5. The van der Waals surface area contributed by atoms with Crippen molar-refractivity contribution in [2.24, 2.45) is 0 Å². The summed E-state index contributed by atoms with van der Waals surface area (Å²) < 4.78 is 0. The van der Waals surface area contributed by atoms with E-state index in [4.69, 9.17) is 0 Å².